The van der Waals surface area contributed by atoms with Gasteiger partial charge in [0.2, 0.25) is 0 Å². The number of Topliss-reactive ketones (excluding diaryl/α,β-unsaturated/α-hetero) is 2. The molecule has 0 amide bonds. The Morgan fingerprint density at radius 2 is 1.71 bits per heavy atom. The zero-order valence-electron chi connectivity index (χ0n) is 28.0. The molecule has 7 aliphatic rings. The number of methoxy groups -OCH3 is 1. The maximum Gasteiger partial charge on any atom is 0.198 e. The van der Waals surface area contributed by atoms with Crippen LogP contribution in [0, 0.1) is 34.5 Å². The number of fused-ring (bicyclic) bond motifs is 4. The molecule has 48 heavy (non-hydrogen) atoms. The summed E-state index contributed by atoms with van der Waals surface area (Å²) in [4.78, 5) is 27.8. The summed E-state index contributed by atoms with van der Waals surface area (Å²) in [7, 11) is 1.44. The number of rotatable bonds is 6. The molecule has 0 unspecified atom stereocenters. The van der Waals surface area contributed by atoms with E-state index in [0.717, 1.165) is 5.57 Å². The molecule has 14 nitrogen and oxygen atoms in total. The number of allylic oxidation sites excluding steroid dienone is 1. The molecule has 0 aromatic rings. The molecule has 4 aliphatic carbocycles. The largest absolute Gasteiger partial charge is 0.394 e. The van der Waals surface area contributed by atoms with Gasteiger partial charge >= 0.3 is 0 Å². The summed E-state index contributed by atoms with van der Waals surface area (Å²) in [5, 5.41) is 63.7. The van der Waals surface area contributed by atoms with Crippen LogP contribution in [0.4, 0.5) is 0 Å². The lowest BCUT2D eigenvalue weighted by molar-refractivity contribution is -0.376. The van der Waals surface area contributed by atoms with Crippen molar-refractivity contribution < 1.29 is 68.6 Å². The van der Waals surface area contributed by atoms with E-state index in [1.807, 2.05) is 26.8 Å². The summed E-state index contributed by atoms with van der Waals surface area (Å²) in [6.45, 7) is 6.98. The Kier molecular flexibility index (Phi) is 8.82. The molecule has 0 aromatic heterocycles. The second kappa shape index (κ2) is 12.1. The monoisotopic (exact) mass is 682 g/mol. The van der Waals surface area contributed by atoms with Gasteiger partial charge in [-0.3, -0.25) is 9.59 Å². The van der Waals surface area contributed by atoms with Gasteiger partial charge in [0.15, 0.2) is 24.2 Å². The summed E-state index contributed by atoms with van der Waals surface area (Å²) < 4.78 is 35.6. The SMILES string of the molecule is CO[C@@H]1C[C@H](O[C@@]2(O)CC3=CC[C@H]4[C@H]5C(=O)C[C@H]6[C@H](C)O[C@@H](C(=O)[C@@H]4[C@@]3(C)C[C@@H]2O)[C@@]56C)O[C@H](C)[C@@H]1O[C@@H]1O[C@H](CO)[C@@H](O)[C@H](O)[C@H]1O. The molecular weight excluding hydrogens is 632 g/mol. The van der Waals surface area contributed by atoms with Crippen LogP contribution in [-0.4, -0.2) is 135 Å². The van der Waals surface area contributed by atoms with Gasteiger partial charge in [-0.2, -0.15) is 0 Å². The van der Waals surface area contributed by atoms with Crippen molar-refractivity contribution in [2.24, 2.45) is 34.5 Å². The Morgan fingerprint density at radius 1 is 0.979 bits per heavy atom. The van der Waals surface area contributed by atoms with Crippen molar-refractivity contribution in [2.45, 2.75) is 139 Å². The highest BCUT2D eigenvalue weighted by Crippen LogP contribution is 2.68. The number of ether oxygens (including phenoxy) is 6. The molecule has 3 heterocycles. The minimum absolute atomic E-state index is 0.00883. The number of aliphatic hydroxyl groups excluding tert-OH is 5. The van der Waals surface area contributed by atoms with Gasteiger partial charge in [0, 0.05) is 55.0 Å². The molecule has 0 bridgehead atoms. The van der Waals surface area contributed by atoms with E-state index in [0.29, 0.717) is 12.8 Å². The Morgan fingerprint density at radius 3 is 2.40 bits per heavy atom. The predicted octanol–water partition coefficient (Wildman–Crippen LogP) is -0.668. The summed E-state index contributed by atoms with van der Waals surface area (Å²) >= 11 is 0. The zero-order valence-corrected chi connectivity index (χ0v) is 28.0. The first-order valence-corrected chi connectivity index (χ1v) is 17.2. The molecule has 3 aliphatic heterocycles. The Hall–Kier alpha value is -1.40. The molecule has 14 heteroatoms. The molecule has 6 N–H and O–H groups in total. The lowest BCUT2D eigenvalue weighted by Crippen LogP contribution is -2.64. The number of hydrogen-bond acceptors (Lipinski definition) is 14. The van der Waals surface area contributed by atoms with Crippen molar-refractivity contribution in [1.29, 1.82) is 0 Å². The second-order valence-electron chi connectivity index (χ2n) is 15.7. The van der Waals surface area contributed by atoms with Crippen LogP contribution < -0.4 is 0 Å². The van der Waals surface area contributed by atoms with E-state index in [-0.39, 0.29) is 54.7 Å². The van der Waals surface area contributed by atoms with Crippen molar-refractivity contribution in [3.8, 4) is 0 Å². The zero-order chi connectivity index (χ0) is 34.7. The Bertz CT molecular complexity index is 1320. The van der Waals surface area contributed by atoms with Crippen molar-refractivity contribution in [1.82, 2.24) is 0 Å². The summed E-state index contributed by atoms with van der Waals surface area (Å²) in [5.41, 5.74) is -0.563. The lowest BCUT2D eigenvalue weighted by Gasteiger charge is -2.58. The molecule has 0 spiro atoms. The van der Waals surface area contributed by atoms with Crippen LogP contribution in [0.15, 0.2) is 11.6 Å². The first kappa shape index (κ1) is 35.0. The highest BCUT2D eigenvalue weighted by molar-refractivity contribution is 5.96. The van der Waals surface area contributed by atoms with Crippen molar-refractivity contribution in [3.05, 3.63) is 11.6 Å². The quantitative estimate of drug-likeness (QED) is 0.152. The molecule has 6 fully saturated rings. The van der Waals surface area contributed by atoms with Crippen LogP contribution in [0.25, 0.3) is 0 Å². The van der Waals surface area contributed by atoms with Crippen LogP contribution in [0.2, 0.25) is 0 Å². The van der Waals surface area contributed by atoms with Gasteiger partial charge in [0.05, 0.1) is 24.9 Å². The fraction of sp³-hybridized carbons (Fsp3) is 0.882. The van der Waals surface area contributed by atoms with Gasteiger partial charge < -0.3 is 59.1 Å². The maximum absolute atomic E-state index is 14.3. The molecule has 3 saturated carbocycles. The number of carbonyl (C=O) groups is 2. The fourth-order valence-corrected chi connectivity index (χ4v) is 10.7. The third kappa shape index (κ3) is 4.97. The molecule has 19 atom stereocenters. The maximum atomic E-state index is 14.3. The average Bonchev–Trinajstić information content (AvgIpc) is 3.45. The summed E-state index contributed by atoms with van der Waals surface area (Å²) in [6.07, 6.45) is -9.97. The van der Waals surface area contributed by atoms with Crippen molar-refractivity contribution in [2.75, 3.05) is 13.7 Å². The molecule has 3 saturated heterocycles. The van der Waals surface area contributed by atoms with E-state index >= 15 is 0 Å². The van der Waals surface area contributed by atoms with Gasteiger partial charge in [0.1, 0.15) is 48.5 Å². The van der Waals surface area contributed by atoms with E-state index in [2.05, 4.69) is 0 Å². The van der Waals surface area contributed by atoms with E-state index in [4.69, 9.17) is 28.4 Å². The first-order chi connectivity index (χ1) is 22.6. The second-order valence-corrected chi connectivity index (χ2v) is 15.7. The van der Waals surface area contributed by atoms with Crippen LogP contribution in [0.5, 0.6) is 0 Å². The molecule has 7 rings (SSSR count). The number of hydrogen-bond donors (Lipinski definition) is 6. The smallest absolute Gasteiger partial charge is 0.198 e. The minimum Gasteiger partial charge on any atom is -0.394 e. The van der Waals surface area contributed by atoms with Gasteiger partial charge in [-0.25, -0.2) is 0 Å². The highest BCUT2D eigenvalue weighted by atomic mass is 16.8. The molecular formula is C34H50O14. The predicted molar refractivity (Wildman–Crippen MR) is 162 cm³/mol. The third-order valence-electron chi connectivity index (χ3n) is 13.2. The van der Waals surface area contributed by atoms with Crippen LogP contribution in [-0.2, 0) is 38.0 Å². The normalized spacial score (nSPS) is 56.4. The van der Waals surface area contributed by atoms with Crippen molar-refractivity contribution >= 4 is 11.6 Å². The van der Waals surface area contributed by atoms with Gasteiger partial charge in [-0.15, -0.1) is 0 Å². The van der Waals surface area contributed by atoms with Crippen molar-refractivity contribution in [3.63, 3.8) is 0 Å². The Labute approximate surface area is 279 Å². The number of aliphatic hydroxyl groups is 6. The summed E-state index contributed by atoms with van der Waals surface area (Å²) in [5.74, 6) is -2.93. The summed E-state index contributed by atoms with van der Waals surface area (Å²) in [6, 6.07) is 0. The van der Waals surface area contributed by atoms with Gasteiger partial charge in [0.25, 0.3) is 0 Å². The molecule has 0 aromatic carbocycles. The van der Waals surface area contributed by atoms with E-state index in [1.165, 1.54) is 7.11 Å². The van der Waals surface area contributed by atoms with Crippen LogP contribution in [0.1, 0.15) is 59.8 Å². The van der Waals surface area contributed by atoms with Crippen LogP contribution in [0.3, 0.4) is 0 Å². The standard InChI is InChI=1S/C34H50O14/c1-13-17-8-18(36)23-16-7-6-15-10-34(42,21(37)11-32(15,3)24(16)26(39)30(45-13)33(17,23)4)48-22-9-19(43-5)29(14(2)44-22)47-31-28(41)27(40)25(38)20(12-35)46-31/h6,13-14,16-17,19-25,27-31,35,37-38,40-42H,7-12H2,1-5H3/t13-,14+,16-,17-,19+,20+,21-,22-,23-,24+,25+,27-,28+,29-,30-,31-,32-,33+,34-/m0/s1. The minimum atomic E-state index is -2.05. The Balaban J connectivity index is 1.07. The van der Waals surface area contributed by atoms with E-state index < -0.39 is 96.7 Å². The lowest BCUT2D eigenvalue weighted by atomic mass is 9.46. The first-order valence-electron chi connectivity index (χ1n) is 17.2. The van der Waals surface area contributed by atoms with Gasteiger partial charge in [-0.05, 0) is 32.6 Å². The van der Waals surface area contributed by atoms with Crippen LogP contribution >= 0.6 is 0 Å². The topological polar surface area (TPSA) is 211 Å². The molecule has 270 valence electrons. The van der Waals surface area contributed by atoms with E-state index in [1.54, 1.807) is 6.92 Å². The molecule has 0 radical (unpaired) electrons. The number of carbonyl (C=O) groups excluding carboxylic acids is 2. The highest BCUT2D eigenvalue weighted by Gasteiger charge is 2.73. The van der Waals surface area contributed by atoms with Gasteiger partial charge in [-0.1, -0.05) is 25.5 Å². The average molecular weight is 683 g/mol. The fourth-order valence-electron chi connectivity index (χ4n) is 10.7. The number of ketones is 2. The van der Waals surface area contributed by atoms with E-state index in [9.17, 15) is 40.2 Å². The third-order valence-corrected chi connectivity index (χ3v) is 13.2.